The molecule has 7 aliphatic rings. The Hall–Kier alpha value is -2.25. The third-order valence-corrected chi connectivity index (χ3v) is 8.86. The Morgan fingerprint density at radius 2 is 2.21 bits per heavy atom. The Morgan fingerprint density at radius 1 is 1.31 bits per heavy atom. The Bertz CT molecular complexity index is 1010. The molecule has 152 valence electrons. The summed E-state index contributed by atoms with van der Waals surface area (Å²) in [7, 11) is 1.37. The molecule has 0 unspecified atom stereocenters. The summed E-state index contributed by atoms with van der Waals surface area (Å²) in [6.07, 6.45) is 7.41. The number of aliphatic hydroxyl groups is 1. The number of methoxy groups -OCH3 is 1. The van der Waals surface area contributed by atoms with Gasteiger partial charge in [-0.15, -0.1) is 0 Å². The van der Waals surface area contributed by atoms with Gasteiger partial charge in [-0.05, 0) is 43.9 Å². The number of rotatable bonds is 1. The van der Waals surface area contributed by atoms with Crippen molar-refractivity contribution in [3.8, 4) is 11.5 Å². The van der Waals surface area contributed by atoms with Gasteiger partial charge in [0, 0.05) is 23.4 Å². The minimum Gasteiger partial charge on any atom is -0.467 e. The van der Waals surface area contributed by atoms with Crippen LogP contribution in [0.4, 0.5) is 5.69 Å². The number of ether oxygens (including phenoxy) is 3. The van der Waals surface area contributed by atoms with E-state index in [1.54, 1.807) is 0 Å². The zero-order chi connectivity index (χ0) is 19.6. The summed E-state index contributed by atoms with van der Waals surface area (Å²) in [5.74, 6) is 0.878. The molecule has 1 saturated heterocycles. The van der Waals surface area contributed by atoms with Crippen molar-refractivity contribution in [3.63, 3.8) is 0 Å². The van der Waals surface area contributed by atoms with E-state index in [0.29, 0.717) is 24.3 Å². The van der Waals surface area contributed by atoms with Crippen LogP contribution in [0.15, 0.2) is 24.3 Å². The van der Waals surface area contributed by atoms with E-state index in [1.807, 2.05) is 6.07 Å². The highest BCUT2D eigenvalue weighted by atomic mass is 16.7. The van der Waals surface area contributed by atoms with Crippen LogP contribution in [0.2, 0.25) is 0 Å². The second-order valence-corrected chi connectivity index (χ2v) is 9.54. The monoisotopic (exact) mass is 396 g/mol. The van der Waals surface area contributed by atoms with Gasteiger partial charge in [0.05, 0.1) is 18.3 Å². The predicted molar refractivity (Wildman–Crippen MR) is 103 cm³/mol. The average Bonchev–Trinajstić information content (AvgIpc) is 3.43. The van der Waals surface area contributed by atoms with Crippen molar-refractivity contribution in [2.75, 3.05) is 32.3 Å². The number of nitrogens with zero attached hydrogens (tertiary/aromatic N) is 1. The van der Waals surface area contributed by atoms with Gasteiger partial charge in [0.25, 0.3) is 0 Å². The third kappa shape index (κ3) is 1.46. The molecule has 2 bridgehead atoms. The number of carbonyl (C=O) groups excluding carboxylic acids is 1. The molecular formula is C22H24N2O5. The maximum absolute atomic E-state index is 13.1. The summed E-state index contributed by atoms with van der Waals surface area (Å²) in [5.41, 5.74) is -1.01. The molecule has 5 atom stereocenters. The smallest absolute Gasteiger partial charge is 0.340 e. The molecule has 3 spiro atoms. The van der Waals surface area contributed by atoms with Crippen LogP contribution in [0.5, 0.6) is 11.5 Å². The first-order chi connectivity index (χ1) is 14.0. The first-order valence-electron chi connectivity index (χ1n) is 10.5. The maximum atomic E-state index is 13.1. The molecule has 4 aliphatic heterocycles. The van der Waals surface area contributed by atoms with Gasteiger partial charge in [0.1, 0.15) is 0 Å². The van der Waals surface area contributed by atoms with Crippen molar-refractivity contribution in [2.24, 2.45) is 5.41 Å². The topological polar surface area (TPSA) is 80.3 Å². The number of fused-ring (bicyclic) bond motifs is 5. The van der Waals surface area contributed by atoms with E-state index in [2.05, 4.69) is 28.4 Å². The molecule has 0 amide bonds. The van der Waals surface area contributed by atoms with Gasteiger partial charge < -0.3 is 24.6 Å². The zero-order valence-corrected chi connectivity index (χ0v) is 16.4. The van der Waals surface area contributed by atoms with E-state index in [1.165, 1.54) is 7.11 Å². The Labute approximate surface area is 168 Å². The van der Waals surface area contributed by atoms with Crippen molar-refractivity contribution in [3.05, 3.63) is 29.8 Å². The summed E-state index contributed by atoms with van der Waals surface area (Å²) in [5, 5.41) is 15.8. The summed E-state index contributed by atoms with van der Waals surface area (Å²) in [6.45, 7) is 2.06. The normalized spacial score (nSPS) is 44.8. The molecule has 4 heterocycles. The van der Waals surface area contributed by atoms with Crippen molar-refractivity contribution in [2.45, 2.75) is 48.3 Å². The van der Waals surface area contributed by atoms with Crippen molar-refractivity contribution in [1.82, 2.24) is 4.90 Å². The maximum Gasteiger partial charge on any atom is 0.340 e. The van der Waals surface area contributed by atoms with Crippen LogP contribution in [-0.2, 0) is 14.9 Å². The molecule has 0 aromatic heterocycles. The molecule has 1 aromatic carbocycles. The van der Waals surface area contributed by atoms with Gasteiger partial charge in [-0.25, -0.2) is 4.79 Å². The van der Waals surface area contributed by atoms with Gasteiger partial charge in [0.2, 0.25) is 6.79 Å². The lowest BCUT2D eigenvalue weighted by molar-refractivity contribution is -0.209. The molecule has 0 radical (unpaired) electrons. The van der Waals surface area contributed by atoms with E-state index < -0.39 is 17.1 Å². The van der Waals surface area contributed by atoms with Crippen molar-refractivity contribution < 1.29 is 24.1 Å². The number of anilines is 1. The van der Waals surface area contributed by atoms with Crippen LogP contribution >= 0.6 is 0 Å². The first kappa shape index (κ1) is 16.5. The molecule has 3 saturated carbocycles. The van der Waals surface area contributed by atoms with Gasteiger partial charge in [-0.1, -0.05) is 18.2 Å². The zero-order valence-electron chi connectivity index (χ0n) is 16.4. The lowest BCUT2D eigenvalue weighted by atomic mass is 9.38. The van der Waals surface area contributed by atoms with Crippen LogP contribution in [0.3, 0.4) is 0 Å². The van der Waals surface area contributed by atoms with Crippen LogP contribution in [-0.4, -0.2) is 60.1 Å². The number of carbonyl (C=O) groups is 1. The standard InChI is InChI=1S/C22H24N2O5/c1-27-18(25)21(26)11-19-5-2-9-24-10-8-20(17(19)24)13-3-4-14-16(29-12-28-14)15(13)23-22(20,21)7-6-19/h2-5,17,23,26H,6-12H2,1H3/t17-,19-,20+,21+,22-/m0/s1. The minimum absolute atomic E-state index is 0.191. The number of hydrogen-bond acceptors (Lipinski definition) is 7. The minimum atomic E-state index is -1.61. The molecule has 8 rings (SSSR count). The molecule has 29 heavy (non-hydrogen) atoms. The lowest BCUT2D eigenvalue weighted by Gasteiger charge is -2.69. The molecule has 7 heteroatoms. The van der Waals surface area contributed by atoms with Crippen molar-refractivity contribution >= 4 is 11.7 Å². The highest BCUT2D eigenvalue weighted by Gasteiger charge is 2.84. The van der Waals surface area contributed by atoms with E-state index in [0.717, 1.165) is 37.2 Å². The summed E-state index contributed by atoms with van der Waals surface area (Å²) in [6, 6.07) is 4.34. The molecule has 4 fully saturated rings. The first-order valence-corrected chi connectivity index (χ1v) is 10.5. The van der Waals surface area contributed by atoms with E-state index >= 15 is 0 Å². The third-order valence-electron chi connectivity index (χ3n) is 8.86. The Balaban J connectivity index is 1.57. The van der Waals surface area contributed by atoms with E-state index in [4.69, 9.17) is 14.2 Å². The van der Waals surface area contributed by atoms with Gasteiger partial charge in [0.15, 0.2) is 17.1 Å². The molecule has 1 aromatic rings. The molecule has 3 aliphatic carbocycles. The number of benzene rings is 1. The summed E-state index contributed by atoms with van der Waals surface area (Å²) in [4.78, 5) is 15.7. The highest BCUT2D eigenvalue weighted by molar-refractivity contribution is 5.89. The van der Waals surface area contributed by atoms with E-state index in [-0.39, 0.29) is 23.7 Å². The van der Waals surface area contributed by atoms with Crippen molar-refractivity contribution in [1.29, 1.82) is 0 Å². The number of hydrogen-bond donors (Lipinski definition) is 2. The van der Waals surface area contributed by atoms with Crippen LogP contribution in [0.1, 0.15) is 31.2 Å². The molecular weight excluding hydrogens is 372 g/mol. The number of nitrogens with one attached hydrogen (secondary N) is 1. The van der Waals surface area contributed by atoms with Gasteiger partial charge in [-0.2, -0.15) is 0 Å². The fraction of sp³-hybridized carbons (Fsp3) is 0.591. The van der Waals surface area contributed by atoms with Crippen LogP contribution in [0, 0.1) is 5.41 Å². The average molecular weight is 396 g/mol. The molecule has 7 nitrogen and oxygen atoms in total. The van der Waals surface area contributed by atoms with E-state index in [9.17, 15) is 9.90 Å². The van der Waals surface area contributed by atoms with Crippen LogP contribution in [0.25, 0.3) is 0 Å². The largest absolute Gasteiger partial charge is 0.467 e. The predicted octanol–water partition coefficient (Wildman–Crippen LogP) is 1.55. The second kappa shape index (κ2) is 4.73. The molecule has 2 N–H and O–H groups in total. The number of esters is 1. The fourth-order valence-corrected chi connectivity index (χ4v) is 8.11. The Morgan fingerprint density at radius 3 is 3.07 bits per heavy atom. The summed E-state index contributed by atoms with van der Waals surface area (Å²) < 4.78 is 16.6. The fourth-order valence-electron chi connectivity index (χ4n) is 8.11. The van der Waals surface area contributed by atoms with Gasteiger partial charge in [-0.3, -0.25) is 4.90 Å². The van der Waals surface area contributed by atoms with Gasteiger partial charge >= 0.3 is 5.97 Å². The Kier molecular flexibility index (Phi) is 2.70. The lowest BCUT2D eigenvalue weighted by Crippen LogP contribution is -2.83. The SMILES string of the molecule is COC(=O)[C@]1(O)C[C@]23C=CCN4CC[C@@]5(c6ccc7c(c6N[C@]15CC2)OCO7)[C@@H]43. The quantitative estimate of drug-likeness (QED) is 0.551. The summed E-state index contributed by atoms with van der Waals surface area (Å²) >= 11 is 0. The highest BCUT2D eigenvalue weighted by Crippen LogP contribution is 2.75. The second-order valence-electron chi connectivity index (χ2n) is 9.54. The van der Waals surface area contributed by atoms with Crippen LogP contribution < -0.4 is 14.8 Å².